The Hall–Kier alpha value is -0.770. The van der Waals surface area contributed by atoms with Gasteiger partial charge in [0.1, 0.15) is 0 Å². The summed E-state index contributed by atoms with van der Waals surface area (Å²) in [6.07, 6.45) is 2.35. The Bertz CT molecular complexity index is 571. The molecular weight excluding hydrogens is 342 g/mol. The molecule has 21 heavy (non-hydrogen) atoms. The van der Waals surface area contributed by atoms with E-state index in [1.54, 1.807) is 0 Å². The van der Waals surface area contributed by atoms with Gasteiger partial charge < -0.3 is 5.32 Å². The van der Waals surface area contributed by atoms with Crippen LogP contribution in [0.15, 0.2) is 57.9 Å². The van der Waals surface area contributed by atoms with E-state index in [1.165, 1.54) is 22.4 Å². The smallest absolute Gasteiger partial charge is 0.0413 e. The first-order valence-electron chi connectivity index (χ1n) is 7.37. The normalized spacial score (nSPS) is 12.3. The Morgan fingerprint density at radius 1 is 1.14 bits per heavy atom. The lowest BCUT2D eigenvalue weighted by molar-refractivity contribution is 0.660. The molecule has 0 amide bonds. The zero-order valence-corrected chi connectivity index (χ0v) is 15.0. The Morgan fingerprint density at radius 3 is 2.67 bits per heavy atom. The molecule has 2 aromatic rings. The molecule has 112 valence electrons. The molecule has 0 aliphatic rings. The van der Waals surface area contributed by atoms with Crippen LogP contribution in [0.5, 0.6) is 0 Å². The molecule has 0 aliphatic carbocycles. The highest BCUT2D eigenvalue weighted by atomic mass is 79.9. The van der Waals surface area contributed by atoms with E-state index in [4.69, 9.17) is 0 Å². The number of aryl methyl sites for hydroxylation is 1. The summed E-state index contributed by atoms with van der Waals surface area (Å²) in [5.74, 6) is 1.03. The van der Waals surface area contributed by atoms with E-state index < -0.39 is 0 Å². The molecule has 1 N–H and O–H groups in total. The fraction of sp³-hybridized carbons (Fsp3) is 0.333. The molecule has 2 rings (SSSR count). The Kier molecular flexibility index (Phi) is 6.81. The Morgan fingerprint density at radius 2 is 1.95 bits per heavy atom. The van der Waals surface area contributed by atoms with Gasteiger partial charge in [0, 0.05) is 21.2 Å². The lowest BCUT2D eigenvalue weighted by Crippen LogP contribution is -2.18. The van der Waals surface area contributed by atoms with E-state index in [0.29, 0.717) is 6.04 Å². The molecule has 0 bridgehead atoms. The number of nitrogens with one attached hydrogen (secondary N) is 1. The molecule has 1 nitrogen and oxygen atoms in total. The van der Waals surface area contributed by atoms with Gasteiger partial charge in [-0.3, -0.25) is 0 Å². The summed E-state index contributed by atoms with van der Waals surface area (Å²) in [7, 11) is 2.04. The molecule has 0 radical (unpaired) electrons. The van der Waals surface area contributed by atoms with Crippen LogP contribution in [0.4, 0.5) is 0 Å². The van der Waals surface area contributed by atoms with Gasteiger partial charge in [0.25, 0.3) is 0 Å². The molecule has 0 saturated heterocycles. The van der Waals surface area contributed by atoms with Crippen LogP contribution in [-0.4, -0.2) is 12.8 Å². The zero-order valence-electron chi connectivity index (χ0n) is 12.6. The second-order valence-electron chi connectivity index (χ2n) is 5.10. The average molecular weight is 364 g/mol. The van der Waals surface area contributed by atoms with E-state index in [9.17, 15) is 0 Å². The summed E-state index contributed by atoms with van der Waals surface area (Å²) < 4.78 is 1.14. The van der Waals surface area contributed by atoms with Crippen LogP contribution in [0.3, 0.4) is 0 Å². The molecule has 0 heterocycles. The van der Waals surface area contributed by atoms with Gasteiger partial charge >= 0.3 is 0 Å². The predicted octanol–water partition coefficient (Wildman–Crippen LogP) is 5.45. The van der Waals surface area contributed by atoms with Crippen molar-refractivity contribution in [1.82, 2.24) is 5.32 Å². The molecule has 3 heteroatoms. The molecule has 0 aliphatic heterocycles. The third-order valence-corrected chi connectivity index (χ3v) is 5.03. The van der Waals surface area contributed by atoms with E-state index >= 15 is 0 Å². The van der Waals surface area contributed by atoms with Gasteiger partial charge in [-0.25, -0.2) is 0 Å². The minimum atomic E-state index is 0.380. The van der Waals surface area contributed by atoms with E-state index in [0.717, 1.165) is 16.6 Å². The number of halogens is 1. The van der Waals surface area contributed by atoms with Gasteiger partial charge in [-0.05, 0) is 42.8 Å². The van der Waals surface area contributed by atoms with Gasteiger partial charge in [-0.15, -0.1) is 11.8 Å². The number of thioether (sulfide) groups is 1. The van der Waals surface area contributed by atoms with Crippen LogP contribution in [-0.2, 0) is 6.42 Å². The minimum Gasteiger partial charge on any atom is -0.312 e. The van der Waals surface area contributed by atoms with E-state index in [-0.39, 0.29) is 0 Å². The third kappa shape index (κ3) is 5.17. The maximum absolute atomic E-state index is 3.53. The third-order valence-electron chi connectivity index (χ3n) is 3.45. The van der Waals surface area contributed by atoms with Crippen molar-refractivity contribution in [2.75, 3.05) is 12.8 Å². The standard InChI is InChI=1S/C18H22BrNS/c1-3-6-14-7-4-8-15(11-14)18(20-2)13-21-17-10-5-9-16(19)12-17/h4-5,7-12,18,20H,3,6,13H2,1-2H3. The maximum atomic E-state index is 3.53. The number of hydrogen-bond donors (Lipinski definition) is 1. The van der Waals surface area contributed by atoms with Gasteiger partial charge in [0.15, 0.2) is 0 Å². The van der Waals surface area contributed by atoms with Gasteiger partial charge in [0.05, 0.1) is 0 Å². The first-order valence-corrected chi connectivity index (χ1v) is 9.15. The number of rotatable bonds is 7. The van der Waals surface area contributed by atoms with Crippen LogP contribution in [0, 0.1) is 0 Å². The fourth-order valence-corrected chi connectivity index (χ4v) is 3.99. The minimum absolute atomic E-state index is 0.380. The van der Waals surface area contributed by atoms with Crippen molar-refractivity contribution < 1.29 is 0 Å². The van der Waals surface area contributed by atoms with Gasteiger partial charge in [-0.1, -0.05) is 59.6 Å². The summed E-state index contributed by atoms with van der Waals surface area (Å²) in [4.78, 5) is 1.30. The summed E-state index contributed by atoms with van der Waals surface area (Å²) in [6, 6.07) is 17.8. The van der Waals surface area contributed by atoms with E-state index in [2.05, 4.69) is 76.7 Å². The predicted molar refractivity (Wildman–Crippen MR) is 97.1 cm³/mol. The number of hydrogen-bond acceptors (Lipinski definition) is 2. The summed E-state index contributed by atoms with van der Waals surface area (Å²) in [5, 5.41) is 3.44. The monoisotopic (exact) mass is 363 g/mol. The molecule has 0 fully saturated rings. The highest BCUT2D eigenvalue weighted by molar-refractivity contribution is 9.10. The van der Waals surface area contributed by atoms with Gasteiger partial charge in [0.2, 0.25) is 0 Å². The first kappa shape index (κ1) is 16.6. The molecular formula is C18H22BrNS. The Balaban J connectivity index is 2.04. The molecule has 0 saturated carbocycles. The fourth-order valence-electron chi connectivity index (χ4n) is 2.34. The maximum Gasteiger partial charge on any atom is 0.0413 e. The number of benzene rings is 2. The largest absolute Gasteiger partial charge is 0.312 e. The first-order chi connectivity index (χ1) is 10.2. The van der Waals surface area contributed by atoms with Gasteiger partial charge in [-0.2, -0.15) is 0 Å². The van der Waals surface area contributed by atoms with Crippen molar-refractivity contribution >= 4 is 27.7 Å². The summed E-state index contributed by atoms with van der Waals surface area (Å²) in [5.41, 5.74) is 2.81. The highest BCUT2D eigenvalue weighted by Crippen LogP contribution is 2.27. The lowest BCUT2D eigenvalue weighted by atomic mass is 10.0. The topological polar surface area (TPSA) is 12.0 Å². The highest BCUT2D eigenvalue weighted by Gasteiger charge is 2.10. The van der Waals surface area contributed by atoms with Crippen LogP contribution in [0.25, 0.3) is 0 Å². The Labute approximate surface area is 140 Å². The molecule has 1 unspecified atom stereocenters. The van der Waals surface area contributed by atoms with E-state index in [1.807, 2.05) is 18.8 Å². The van der Waals surface area contributed by atoms with Crippen LogP contribution in [0.1, 0.15) is 30.5 Å². The van der Waals surface area contributed by atoms with Crippen LogP contribution < -0.4 is 5.32 Å². The zero-order chi connectivity index (χ0) is 15.1. The second-order valence-corrected chi connectivity index (χ2v) is 7.11. The average Bonchev–Trinajstić information content (AvgIpc) is 2.49. The molecule has 1 atom stereocenters. The SMILES string of the molecule is CCCc1cccc(C(CSc2cccc(Br)c2)NC)c1. The van der Waals surface area contributed by atoms with Crippen molar-refractivity contribution in [3.05, 3.63) is 64.1 Å². The van der Waals surface area contributed by atoms with Crippen molar-refractivity contribution in [1.29, 1.82) is 0 Å². The van der Waals surface area contributed by atoms with Crippen molar-refractivity contribution in [3.63, 3.8) is 0 Å². The lowest BCUT2D eigenvalue weighted by Gasteiger charge is -2.17. The molecule has 2 aromatic carbocycles. The molecule has 0 spiro atoms. The summed E-state index contributed by atoms with van der Waals surface area (Å²) >= 11 is 5.42. The van der Waals surface area contributed by atoms with Crippen LogP contribution >= 0.6 is 27.7 Å². The van der Waals surface area contributed by atoms with Crippen molar-refractivity contribution in [3.8, 4) is 0 Å². The summed E-state index contributed by atoms with van der Waals surface area (Å²) in [6.45, 7) is 2.23. The van der Waals surface area contributed by atoms with Crippen molar-refractivity contribution in [2.45, 2.75) is 30.7 Å². The molecule has 0 aromatic heterocycles. The second kappa shape index (κ2) is 8.62. The quantitative estimate of drug-likeness (QED) is 0.655. The van der Waals surface area contributed by atoms with Crippen LogP contribution in [0.2, 0.25) is 0 Å². The van der Waals surface area contributed by atoms with Crippen molar-refractivity contribution in [2.24, 2.45) is 0 Å².